The van der Waals surface area contributed by atoms with Gasteiger partial charge in [0.25, 0.3) is 5.91 Å². The quantitative estimate of drug-likeness (QED) is 0.926. The van der Waals surface area contributed by atoms with Crippen LogP contribution in [0.3, 0.4) is 0 Å². The van der Waals surface area contributed by atoms with Gasteiger partial charge in [-0.2, -0.15) is 5.26 Å². The molecule has 5 nitrogen and oxygen atoms in total. The van der Waals surface area contributed by atoms with Gasteiger partial charge in [-0.3, -0.25) is 14.9 Å². The van der Waals surface area contributed by atoms with Crippen LogP contribution in [-0.4, -0.2) is 17.2 Å². The average Bonchev–Trinajstić information content (AvgIpc) is 2.77. The Bertz CT molecular complexity index is 631. The van der Waals surface area contributed by atoms with Gasteiger partial charge in [0.05, 0.1) is 0 Å². The van der Waals surface area contributed by atoms with Crippen LogP contribution >= 0.6 is 0 Å². The molecular formula is C15H15N3O2. The fourth-order valence-corrected chi connectivity index (χ4v) is 1.83. The number of aryl methyl sites for hydroxylation is 2. The summed E-state index contributed by atoms with van der Waals surface area (Å²) in [6.07, 6.45) is 0. The number of carbonyl (C=O) groups is 1. The topological polar surface area (TPSA) is 67.1 Å². The van der Waals surface area contributed by atoms with Crippen molar-refractivity contribution in [2.75, 3.05) is 12.0 Å². The normalized spacial score (nSPS) is 9.85. The minimum Gasteiger partial charge on any atom is -0.479 e. The van der Waals surface area contributed by atoms with Crippen molar-refractivity contribution < 1.29 is 9.53 Å². The number of nitriles is 1. The van der Waals surface area contributed by atoms with Crippen molar-refractivity contribution in [2.24, 2.45) is 0 Å². The number of aromatic nitrogens is 1. The van der Waals surface area contributed by atoms with Crippen LogP contribution < -0.4 is 10.2 Å². The molecule has 0 saturated heterocycles. The smallest absolute Gasteiger partial charge is 0.270 e. The molecule has 1 aromatic carbocycles. The van der Waals surface area contributed by atoms with E-state index in [1.807, 2.05) is 32.0 Å². The van der Waals surface area contributed by atoms with Crippen LogP contribution in [0.5, 0.6) is 5.75 Å². The summed E-state index contributed by atoms with van der Waals surface area (Å²) in [4.78, 5) is 12.1. The van der Waals surface area contributed by atoms with Gasteiger partial charge in [0.1, 0.15) is 11.8 Å². The summed E-state index contributed by atoms with van der Waals surface area (Å²) in [6.45, 7) is 3.84. The van der Waals surface area contributed by atoms with Gasteiger partial charge < -0.3 is 4.74 Å². The maximum atomic E-state index is 12.1. The molecule has 2 aromatic rings. The van der Waals surface area contributed by atoms with Gasteiger partial charge in [-0.05, 0) is 50.2 Å². The summed E-state index contributed by atoms with van der Waals surface area (Å²) < 4.78 is 6.87. The predicted molar refractivity (Wildman–Crippen MR) is 75.1 cm³/mol. The summed E-state index contributed by atoms with van der Waals surface area (Å²) >= 11 is 0. The Morgan fingerprint density at radius 2 is 1.80 bits per heavy atom. The van der Waals surface area contributed by atoms with Crippen molar-refractivity contribution in [1.29, 1.82) is 5.26 Å². The molecule has 5 heteroatoms. The van der Waals surface area contributed by atoms with Gasteiger partial charge in [0.2, 0.25) is 0 Å². The first-order valence-corrected chi connectivity index (χ1v) is 6.18. The Morgan fingerprint density at radius 3 is 2.35 bits per heavy atom. The number of nitrogens with one attached hydrogen (secondary N) is 1. The average molecular weight is 269 g/mol. The summed E-state index contributed by atoms with van der Waals surface area (Å²) in [5, 5.41) is 8.42. The molecular weight excluding hydrogens is 254 g/mol. The molecule has 0 unspecified atom stereocenters. The highest BCUT2D eigenvalue weighted by atomic mass is 16.5. The highest BCUT2D eigenvalue weighted by Crippen LogP contribution is 2.13. The standard InChI is InChI=1S/C15H15N3O2/c1-11-3-4-12(2)18(11)17-15(19)13-5-7-14(8-6-13)20-10-9-16/h3-8H,10H2,1-2H3,(H,17,19). The molecule has 1 heterocycles. The Morgan fingerprint density at radius 1 is 1.20 bits per heavy atom. The second kappa shape index (κ2) is 5.93. The lowest BCUT2D eigenvalue weighted by atomic mass is 10.2. The Hall–Kier alpha value is -2.74. The van der Waals surface area contributed by atoms with Crippen LogP contribution in [0, 0.1) is 25.2 Å². The maximum absolute atomic E-state index is 12.1. The van der Waals surface area contributed by atoms with Crippen molar-refractivity contribution in [3.05, 3.63) is 53.3 Å². The van der Waals surface area contributed by atoms with E-state index in [1.54, 1.807) is 28.9 Å². The zero-order valence-electron chi connectivity index (χ0n) is 11.4. The Balaban J connectivity index is 2.08. The predicted octanol–water partition coefficient (Wildman–Crippen LogP) is 2.39. The van der Waals surface area contributed by atoms with Gasteiger partial charge in [-0.1, -0.05) is 0 Å². The molecule has 1 amide bonds. The van der Waals surface area contributed by atoms with E-state index < -0.39 is 0 Å². The highest BCUT2D eigenvalue weighted by molar-refractivity contribution is 6.00. The molecule has 0 saturated carbocycles. The zero-order valence-corrected chi connectivity index (χ0v) is 11.4. The van der Waals surface area contributed by atoms with Gasteiger partial charge >= 0.3 is 0 Å². The lowest BCUT2D eigenvalue weighted by Gasteiger charge is -2.11. The molecule has 102 valence electrons. The molecule has 2 rings (SSSR count). The maximum Gasteiger partial charge on any atom is 0.270 e. The molecule has 0 radical (unpaired) electrons. The Labute approximate surface area is 117 Å². The monoisotopic (exact) mass is 269 g/mol. The molecule has 0 bridgehead atoms. The van der Waals surface area contributed by atoms with Crippen molar-refractivity contribution in [3.8, 4) is 11.8 Å². The molecule has 0 spiro atoms. The van der Waals surface area contributed by atoms with Crippen molar-refractivity contribution >= 4 is 5.91 Å². The number of benzene rings is 1. The van der Waals surface area contributed by atoms with Gasteiger partial charge in [-0.25, -0.2) is 0 Å². The zero-order chi connectivity index (χ0) is 14.5. The van der Waals surface area contributed by atoms with Gasteiger partial charge in [0.15, 0.2) is 6.61 Å². The summed E-state index contributed by atoms with van der Waals surface area (Å²) in [7, 11) is 0. The fraction of sp³-hybridized carbons (Fsp3) is 0.200. The van der Waals surface area contributed by atoms with Crippen LogP contribution in [-0.2, 0) is 0 Å². The van der Waals surface area contributed by atoms with Crippen LogP contribution in [0.1, 0.15) is 21.7 Å². The number of amides is 1. The van der Waals surface area contributed by atoms with E-state index in [4.69, 9.17) is 10.00 Å². The fourth-order valence-electron chi connectivity index (χ4n) is 1.83. The number of carbonyl (C=O) groups excluding carboxylic acids is 1. The summed E-state index contributed by atoms with van der Waals surface area (Å²) in [5.41, 5.74) is 5.28. The lowest BCUT2D eigenvalue weighted by Crippen LogP contribution is -2.24. The number of hydrogen-bond acceptors (Lipinski definition) is 3. The molecule has 20 heavy (non-hydrogen) atoms. The van der Waals surface area contributed by atoms with E-state index in [2.05, 4.69) is 5.43 Å². The first kappa shape index (κ1) is 13.7. The minimum absolute atomic E-state index is 0.00665. The van der Waals surface area contributed by atoms with E-state index >= 15 is 0 Å². The second-order valence-electron chi connectivity index (χ2n) is 4.36. The minimum atomic E-state index is -0.195. The molecule has 0 fully saturated rings. The van der Waals surface area contributed by atoms with E-state index in [-0.39, 0.29) is 12.5 Å². The van der Waals surface area contributed by atoms with Crippen molar-refractivity contribution in [1.82, 2.24) is 4.68 Å². The molecule has 0 aliphatic carbocycles. The van der Waals surface area contributed by atoms with Crippen LogP contribution in [0.25, 0.3) is 0 Å². The van der Waals surface area contributed by atoms with Gasteiger partial charge in [0, 0.05) is 17.0 Å². The molecule has 1 N–H and O–H groups in total. The Kier molecular flexibility index (Phi) is 4.06. The summed E-state index contributed by atoms with van der Waals surface area (Å²) in [5.74, 6) is 0.371. The third-order valence-electron chi connectivity index (χ3n) is 2.90. The van der Waals surface area contributed by atoms with E-state index in [9.17, 15) is 4.79 Å². The van der Waals surface area contributed by atoms with E-state index in [0.29, 0.717) is 11.3 Å². The van der Waals surface area contributed by atoms with Crippen molar-refractivity contribution in [2.45, 2.75) is 13.8 Å². The lowest BCUT2D eigenvalue weighted by molar-refractivity contribution is 0.101. The van der Waals surface area contributed by atoms with Crippen LogP contribution in [0.2, 0.25) is 0 Å². The number of ether oxygens (including phenoxy) is 1. The van der Waals surface area contributed by atoms with Crippen LogP contribution in [0.15, 0.2) is 36.4 Å². The van der Waals surface area contributed by atoms with Crippen molar-refractivity contribution in [3.63, 3.8) is 0 Å². The SMILES string of the molecule is Cc1ccc(C)n1NC(=O)c1ccc(OCC#N)cc1. The first-order valence-electron chi connectivity index (χ1n) is 6.18. The molecule has 0 aliphatic rings. The van der Waals surface area contributed by atoms with E-state index in [0.717, 1.165) is 11.4 Å². The third kappa shape index (κ3) is 2.98. The molecule has 1 aromatic heterocycles. The van der Waals surface area contributed by atoms with Gasteiger partial charge in [-0.15, -0.1) is 0 Å². The number of hydrogen-bond donors (Lipinski definition) is 1. The largest absolute Gasteiger partial charge is 0.479 e. The highest BCUT2D eigenvalue weighted by Gasteiger charge is 2.08. The first-order chi connectivity index (χ1) is 9.61. The third-order valence-corrected chi connectivity index (χ3v) is 2.90. The summed E-state index contributed by atoms with van der Waals surface area (Å²) in [6, 6.07) is 12.4. The second-order valence-corrected chi connectivity index (χ2v) is 4.36. The number of rotatable bonds is 4. The van der Waals surface area contributed by atoms with Crippen LogP contribution in [0.4, 0.5) is 0 Å². The molecule has 0 atom stereocenters. The van der Waals surface area contributed by atoms with E-state index in [1.165, 1.54) is 0 Å². The number of nitrogens with zero attached hydrogens (tertiary/aromatic N) is 2. The molecule has 0 aliphatic heterocycles.